The number of rotatable bonds is 3. The summed E-state index contributed by atoms with van der Waals surface area (Å²) in [5, 5.41) is 0. The third kappa shape index (κ3) is 2.83. The average molecular weight is 327 g/mol. The molecule has 0 amide bonds. The molecule has 0 radical (unpaired) electrons. The van der Waals surface area contributed by atoms with E-state index in [-0.39, 0.29) is 5.56 Å². The molecule has 0 saturated heterocycles. The van der Waals surface area contributed by atoms with Crippen molar-refractivity contribution in [3.05, 3.63) is 69.2 Å². The first-order valence-corrected chi connectivity index (χ1v) is 6.50. The van der Waals surface area contributed by atoms with Gasteiger partial charge in [0.25, 0.3) is 0 Å². The zero-order chi connectivity index (χ0) is 14.0. The summed E-state index contributed by atoms with van der Waals surface area (Å²) in [6, 6.07) is 9.00. The molecule has 0 fully saturated rings. The molecule has 0 heterocycles. The molecule has 2 aromatic carbocycles. The van der Waals surface area contributed by atoms with Crippen molar-refractivity contribution in [3.63, 3.8) is 0 Å². The Hall–Kier alpha value is -1.30. The Morgan fingerprint density at radius 1 is 1.21 bits per heavy atom. The molecule has 0 aliphatic rings. The Morgan fingerprint density at radius 3 is 2.58 bits per heavy atom. The second-order valence-electron chi connectivity index (χ2n) is 4.25. The maximum Gasteiger partial charge on any atom is 0.163 e. The summed E-state index contributed by atoms with van der Waals surface area (Å²) < 4.78 is 28.1. The molecule has 0 spiro atoms. The molecule has 100 valence electrons. The Kier molecular flexibility index (Phi) is 4.29. The highest BCUT2D eigenvalue weighted by Crippen LogP contribution is 2.27. The molecular formula is C14H13BrF2N2. The van der Waals surface area contributed by atoms with E-state index >= 15 is 0 Å². The summed E-state index contributed by atoms with van der Waals surface area (Å²) in [6.07, 6.45) is 0. The first-order chi connectivity index (χ1) is 9.04. The monoisotopic (exact) mass is 326 g/mol. The third-order valence-corrected chi connectivity index (χ3v) is 3.86. The van der Waals surface area contributed by atoms with E-state index in [0.29, 0.717) is 0 Å². The second-order valence-corrected chi connectivity index (χ2v) is 5.11. The van der Waals surface area contributed by atoms with Gasteiger partial charge in [-0.15, -0.1) is 0 Å². The minimum absolute atomic E-state index is 0.184. The van der Waals surface area contributed by atoms with Gasteiger partial charge < -0.3 is 0 Å². The van der Waals surface area contributed by atoms with Crippen molar-refractivity contribution in [2.24, 2.45) is 5.84 Å². The van der Waals surface area contributed by atoms with Gasteiger partial charge in [0.15, 0.2) is 11.6 Å². The zero-order valence-corrected chi connectivity index (χ0v) is 11.8. The summed E-state index contributed by atoms with van der Waals surface area (Å²) in [7, 11) is 0. The molecule has 0 bridgehead atoms. The van der Waals surface area contributed by atoms with Crippen molar-refractivity contribution < 1.29 is 8.78 Å². The van der Waals surface area contributed by atoms with E-state index in [0.717, 1.165) is 21.7 Å². The van der Waals surface area contributed by atoms with Crippen molar-refractivity contribution in [1.82, 2.24) is 5.43 Å². The number of benzene rings is 2. The largest absolute Gasteiger partial charge is 0.271 e. The van der Waals surface area contributed by atoms with Gasteiger partial charge in [-0.25, -0.2) is 14.2 Å². The summed E-state index contributed by atoms with van der Waals surface area (Å²) in [5.41, 5.74) is 4.48. The summed E-state index contributed by atoms with van der Waals surface area (Å²) >= 11 is 3.40. The molecular weight excluding hydrogens is 314 g/mol. The summed E-state index contributed by atoms with van der Waals surface area (Å²) in [5.74, 6) is 3.73. The molecule has 0 aliphatic carbocycles. The average Bonchev–Trinajstić information content (AvgIpc) is 2.39. The lowest BCUT2D eigenvalue weighted by molar-refractivity contribution is 0.483. The van der Waals surface area contributed by atoms with Crippen LogP contribution >= 0.6 is 15.9 Å². The van der Waals surface area contributed by atoms with E-state index in [1.807, 2.05) is 25.1 Å². The van der Waals surface area contributed by atoms with Crippen molar-refractivity contribution in [1.29, 1.82) is 0 Å². The lowest BCUT2D eigenvalue weighted by Crippen LogP contribution is -2.29. The van der Waals surface area contributed by atoms with Crippen LogP contribution in [-0.4, -0.2) is 0 Å². The fourth-order valence-corrected chi connectivity index (χ4v) is 2.20. The highest BCUT2D eigenvalue weighted by Gasteiger charge is 2.19. The van der Waals surface area contributed by atoms with Crippen LogP contribution < -0.4 is 11.3 Å². The first-order valence-electron chi connectivity index (χ1n) is 5.70. The second kappa shape index (κ2) is 5.77. The van der Waals surface area contributed by atoms with E-state index in [1.54, 1.807) is 0 Å². The lowest BCUT2D eigenvalue weighted by atomic mass is 9.97. The Balaban J connectivity index is 2.50. The van der Waals surface area contributed by atoms with Crippen LogP contribution in [0.5, 0.6) is 0 Å². The van der Waals surface area contributed by atoms with Gasteiger partial charge in [0.2, 0.25) is 0 Å². The number of halogens is 3. The van der Waals surface area contributed by atoms with Crippen LogP contribution in [0.25, 0.3) is 0 Å². The highest BCUT2D eigenvalue weighted by atomic mass is 79.9. The minimum Gasteiger partial charge on any atom is -0.271 e. The molecule has 19 heavy (non-hydrogen) atoms. The fourth-order valence-electron chi connectivity index (χ4n) is 1.96. The van der Waals surface area contributed by atoms with Crippen LogP contribution in [0.2, 0.25) is 0 Å². The zero-order valence-electron chi connectivity index (χ0n) is 10.3. The smallest absolute Gasteiger partial charge is 0.163 e. The van der Waals surface area contributed by atoms with Gasteiger partial charge in [0.1, 0.15) is 0 Å². The predicted molar refractivity (Wildman–Crippen MR) is 74.4 cm³/mol. The predicted octanol–water partition coefficient (Wildman–Crippen LogP) is 3.59. The van der Waals surface area contributed by atoms with Crippen molar-refractivity contribution in [3.8, 4) is 0 Å². The fraction of sp³-hybridized carbons (Fsp3) is 0.143. The molecule has 1 unspecified atom stereocenters. The number of nitrogens with two attached hydrogens (primary N) is 1. The Labute approximate surface area is 118 Å². The number of aryl methyl sites for hydroxylation is 1. The molecule has 5 heteroatoms. The van der Waals surface area contributed by atoms with Gasteiger partial charge in [0, 0.05) is 10.0 Å². The van der Waals surface area contributed by atoms with Crippen LogP contribution in [0.4, 0.5) is 8.78 Å². The summed E-state index contributed by atoms with van der Waals surface area (Å²) in [4.78, 5) is 0. The van der Waals surface area contributed by atoms with Crippen LogP contribution in [0.3, 0.4) is 0 Å². The van der Waals surface area contributed by atoms with E-state index < -0.39 is 17.7 Å². The van der Waals surface area contributed by atoms with Gasteiger partial charge in [-0.1, -0.05) is 40.2 Å². The molecule has 2 nitrogen and oxygen atoms in total. The summed E-state index contributed by atoms with van der Waals surface area (Å²) in [6.45, 7) is 1.92. The first kappa shape index (κ1) is 14.1. The molecule has 3 N–H and O–H groups in total. The van der Waals surface area contributed by atoms with Gasteiger partial charge >= 0.3 is 0 Å². The van der Waals surface area contributed by atoms with Crippen LogP contribution in [0.15, 0.2) is 40.9 Å². The molecule has 2 aromatic rings. The van der Waals surface area contributed by atoms with E-state index in [4.69, 9.17) is 5.84 Å². The third-order valence-electron chi connectivity index (χ3n) is 2.97. The van der Waals surface area contributed by atoms with Gasteiger partial charge in [-0.05, 0) is 30.2 Å². The molecule has 0 aliphatic heterocycles. The molecule has 2 rings (SSSR count). The van der Waals surface area contributed by atoms with Gasteiger partial charge in [-0.3, -0.25) is 5.84 Å². The number of nitrogens with one attached hydrogen (secondary N) is 1. The molecule has 0 saturated carbocycles. The van der Waals surface area contributed by atoms with Crippen molar-refractivity contribution in [2.45, 2.75) is 13.0 Å². The maximum absolute atomic E-state index is 13.8. The van der Waals surface area contributed by atoms with E-state index in [2.05, 4.69) is 21.4 Å². The van der Waals surface area contributed by atoms with Crippen LogP contribution in [0, 0.1) is 18.6 Å². The highest BCUT2D eigenvalue weighted by molar-refractivity contribution is 9.10. The topological polar surface area (TPSA) is 38.0 Å². The molecule has 1 atom stereocenters. The Morgan fingerprint density at radius 2 is 1.95 bits per heavy atom. The van der Waals surface area contributed by atoms with Gasteiger partial charge in [0.05, 0.1) is 6.04 Å². The number of hydrogen-bond donors (Lipinski definition) is 2. The number of hydrogen-bond acceptors (Lipinski definition) is 2. The normalized spacial score (nSPS) is 12.5. The van der Waals surface area contributed by atoms with Crippen molar-refractivity contribution in [2.75, 3.05) is 0 Å². The van der Waals surface area contributed by atoms with E-state index in [1.165, 1.54) is 12.1 Å². The van der Waals surface area contributed by atoms with Gasteiger partial charge in [-0.2, -0.15) is 0 Å². The number of hydrazine groups is 1. The van der Waals surface area contributed by atoms with Crippen molar-refractivity contribution >= 4 is 15.9 Å². The quantitative estimate of drug-likeness (QED) is 0.668. The van der Waals surface area contributed by atoms with Crippen LogP contribution in [0.1, 0.15) is 22.7 Å². The lowest BCUT2D eigenvalue weighted by Gasteiger charge is -2.18. The van der Waals surface area contributed by atoms with Crippen LogP contribution in [-0.2, 0) is 0 Å². The Bertz CT molecular complexity index is 602. The maximum atomic E-state index is 13.8. The standard InChI is InChI=1S/C14H13BrF2N2/c1-8-7-9(5-6-11(8)15)14(19-18)10-3-2-4-12(16)13(10)17/h2-7,14,19H,18H2,1H3. The minimum atomic E-state index is -0.883. The molecule has 0 aromatic heterocycles. The SMILES string of the molecule is Cc1cc(C(NN)c2cccc(F)c2F)ccc1Br. The van der Waals surface area contributed by atoms with E-state index in [9.17, 15) is 8.78 Å².